The molecule has 0 aliphatic carbocycles. The van der Waals surface area contributed by atoms with Crippen LogP contribution < -0.4 is 0 Å². The van der Waals surface area contributed by atoms with E-state index < -0.39 is 0 Å². The van der Waals surface area contributed by atoms with Crippen LogP contribution in [0.5, 0.6) is 0 Å². The van der Waals surface area contributed by atoms with Crippen molar-refractivity contribution in [3.05, 3.63) is 28.8 Å². The zero-order valence-corrected chi connectivity index (χ0v) is 8.77. The summed E-state index contributed by atoms with van der Waals surface area (Å²) < 4.78 is 0. The van der Waals surface area contributed by atoms with Gasteiger partial charge in [0.15, 0.2) is 0 Å². The summed E-state index contributed by atoms with van der Waals surface area (Å²) in [6.07, 6.45) is 0.869. The van der Waals surface area contributed by atoms with Gasteiger partial charge in [0.25, 0.3) is 0 Å². The van der Waals surface area contributed by atoms with Crippen LogP contribution in [0.15, 0.2) is 17.5 Å². The van der Waals surface area contributed by atoms with E-state index in [1.165, 1.54) is 0 Å². The molecule has 0 aliphatic heterocycles. The van der Waals surface area contributed by atoms with Crippen molar-refractivity contribution >= 4 is 11.3 Å². The molecule has 74 valence electrons. The minimum Gasteiger partial charge on any atom is -0.392 e. The van der Waals surface area contributed by atoms with E-state index in [0.717, 1.165) is 28.2 Å². The summed E-state index contributed by atoms with van der Waals surface area (Å²) in [5, 5.41) is 18.5. The van der Waals surface area contributed by atoms with Gasteiger partial charge in [-0.1, -0.05) is 13.0 Å². The van der Waals surface area contributed by atoms with Gasteiger partial charge in [-0.2, -0.15) is 5.10 Å². The lowest BCUT2D eigenvalue weighted by atomic mass is 10.1. The molecule has 0 spiro atoms. The zero-order valence-electron chi connectivity index (χ0n) is 7.95. The molecule has 2 heterocycles. The van der Waals surface area contributed by atoms with Crippen LogP contribution in [-0.4, -0.2) is 15.3 Å². The van der Waals surface area contributed by atoms with E-state index in [1.807, 2.05) is 24.4 Å². The molecule has 0 saturated carbocycles. The van der Waals surface area contributed by atoms with Crippen LogP contribution in [0.3, 0.4) is 0 Å². The SMILES string of the molecule is CCc1[nH]nc(-c2cccs2)c1CO. The summed E-state index contributed by atoms with van der Waals surface area (Å²) in [5.74, 6) is 0. The van der Waals surface area contributed by atoms with Crippen molar-refractivity contribution in [2.45, 2.75) is 20.0 Å². The Morgan fingerprint density at radius 3 is 3.00 bits per heavy atom. The molecule has 3 nitrogen and oxygen atoms in total. The number of nitrogens with one attached hydrogen (secondary N) is 1. The van der Waals surface area contributed by atoms with Crippen LogP contribution in [0.1, 0.15) is 18.2 Å². The first-order chi connectivity index (χ1) is 6.86. The van der Waals surface area contributed by atoms with Crippen LogP contribution in [-0.2, 0) is 13.0 Å². The number of nitrogens with zero attached hydrogens (tertiary/aromatic N) is 1. The van der Waals surface area contributed by atoms with Crippen molar-refractivity contribution in [1.82, 2.24) is 10.2 Å². The Kier molecular flexibility index (Phi) is 2.65. The van der Waals surface area contributed by atoms with Crippen LogP contribution in [0, 0.1) is 0 Å². The summed E-state index contributed by atoms with van der Waals surface area (Å²) in [6, 6.07) is 4.00. The largest absolute Gasteiger partial charge is 0.392 e. The van der Waals surface area contributed by atoms with Crippen LogP contribution in [0.2, 0.25) is 0 Å². The normalized spacial score (nSPS) is 10.7. The summed E-state index contributed by atoms with van der Waals surface area (Å²) >= 11 is 1.64. The highest BCUT2D eigenvalue weighted by atomic mass is 32.1. The molecule has 0 aliphatic rings. The minimum atomic E-state index is 0.0485. The molecule has 0 saturated heterocycles. The maximum Gasteiger partial charge on any atom is 0.108 e. The van der Waals surface area contributed by atoms with Crippen molar-refractivity contribution in [2.24, 2.45) is 0 Å². The number of aliphatic hydroxyl groups excluding tert-OH is 1. The summed E-state index contributed by atoms with van der Waals surface area (Å²) in [7, 11) is 0. The van der Waals surface area contributed by atoms with Crippen LogP contribution >= 0.6 is 11.3 Å². The Labute approximate surface area is 86.4 Å². The fourth-order valence-corrected chi connectivity index (χ4v) is 2.22. The summed E-state index contributed by atoms with van der Waals surface area (Å²) in [6.45, 7) is 2.10. The van der Waals surface area contributed by atoms with E-state index in [2.05, 4.69) is 10.2 Å². The number of aliphatic hydroxyl groups is 1. The molecule has 0 aromatic carbocycles. The first kappa shape index (κ1) is 9.43. The lowest BCUT2D eigenvalue weighted by Gasteiger charge is -1.97. The smallest absolute Gasteiger partial charge is 0.108 e. The molecule has 0 radical (unpaired) electrons. The van der Waals surface area contributed by atoms with Gasteiger partial charge in [0.2, 0.25) is 0 Å². The molecule has 0 amide bonds. The molecule has 2 N–H and O–H groups in total. The fourth-order valence-electron chi connectivity index (χ4n) is 1.48. The molecular formula is C10H12N2OS. The van der Waals surface area contributed by atoms with Gasteiger partial charge in [-0.3, -0.25) is 5.10 Å². The third kappa shape index (κ3) is 1.47. The Morgan fingerprint density at radius 2 is 2.43 bits per heavy atom. The molecule has 14 heavy (non-hydrogen) atoms. The van der Waals surface area contributed by atoms with Crippen molar-refractivity contribution < 1.29 is 5.11 Å². The first-order valence-corrected chi connectivity index (χ1v) is 5.45. The van der Waals surface area contributed by atoms with Gasteiger partial charge < -0.3 is 5.11 Å². The number of thiophene rings is 1. The van der Waals surface area contributed by atoms with Crippen molar-refractivity contribution in [3.63, 3.8) is 0 Å². The van der Waals surface area contributed by atoms with Gasteiger partial charge in [0.1, 0.15) is 5.69 Å². The van der Waals surface area contributed by atoms with Gasteiger partial charge in [0.05, 0.1) is 11.5 Å². The first-order valence-electron chi connectivity index (χ1n) is 4.57. The second kappa shape index (κ2) is 3.94. The van der Waals surface area contributed by atoms with Gasteiger partial charge >= 0.3 is 0 Å². The third-order valence-corrected chi connectivity index (χ3v) is 3.10. The molecule has 4 heteroatoms. The second-order valence-corrected chi connectivity index (χ2v) is 3.97. The third-order valence-electron chi connectivity index (χ3n) is 2.22. The Hall–Kier alpha value is -1.13. The second-order valence-electron chi connectivity index (χ2n) is 3.02. The molecular weight excluding hydrogens is 196 g/mol. The lowest BCUT2D eigenvalue weighted by Crippen LogP contribution is -1.89. The monoisotopic (exact) mass is 208 g/mol. The van der Waals surface area contributed by atoms with Crippen LogP contribution in [0.4, 0.5) is 0 Å². The predicted octanol–water partition coefficient (Wildman–Crippen LogP) is 2.19. The minimum absolute atomic E-state index is 0.0485. The highest BCUT2D eigenvalue weighted by molar-refractivity contribution is 7.13. The molecule has 0 bridgehead atoms. The van der Waals surface area contributed by atoms with Gasteiger partial charge in [-0.15, -0.1) is 11.3 Å². The standard InChI is InChI=1S/C10H12N2OS/c1-2-8-7(6-13)10(12-11-8)9-4-3-5-14-9/h3-5,13H,2,6H2,1H3,(H,11,12). The zero-order chi connectivity index (χ0) is 9.97. The average Bonchev–Trinajstić information content (AvgIpc) is 2.85. The highest BCUT2D eigenvalue weighted by Crippen LogP contribution is 2.27. The number of aromatic amines is 1. The van der Waals surface area contributed by atoms with E-state index in [1.54, 1.807) is 11.3 Å². The number of H-pyrrole nitrogens is 1. The number of rotatable bonds is 3. The lowest BCUT2D eigenvalue weighted by molar-refractivity contribution is 0.281. The number of aryl methyl sites for hydroxylation is 1. The van der Waals surface area contributed by atoms with Crippen LogP contribution in [0.25, 0.3) is 10.6 Å². The van der Waals surface area contributed by atoms with Gasteiger partial charge in [0, 0.05) is 11.3 Å². The molecule has 0 unspecified atom stereocenters. The maximum absolute atomic E-state index is 9.26. The number of aromatic nitrogens is 2. The maximum atomic E-state index is 9.26. The van der Waals surface area contributed by atoms with Crippen molar-refractivity contribution in [1.29, 1.82) is 0 Å². The van der Waals surface area contributed by atoms with E-state index >= 15 is 0 Å². The Morgan fingerprint density at radius 1 is 1.57 bits per heavy atom. The molecule has 2 aromatic rings. The van der Waals surface area contributed by atoms with E-state index in [4.69, 9.17) is 0 Å². The molecule has 0 atom stereocenters. The molecule has 2 aromatic heterocycles. The quantitative estimate of drug-likeness (QED) is 0.812. The Bertz CT molecular complexity index is 406. The fraction of sp³-hybridized carbons (Fsp3) is 0.300. The number of hydrogen-bond donors (Lipinski definition) is 2. The van der Waals surface area contributed by atoms with E-state index in [9.17, 15) is 5.11 Å². The highest BCUT2D eigenvalue weighted by Gasteiger charge is 2.12. The molecule has 2 rings (SSSR count). The Balaban J connectivity index is 2.48. The van der Waals surface area contributed by atoms with E-state index in [-0.39, 0.29) is 6.61 Å². The summed E-state index contributed by atoms with van der Waals surface area (Å²) in [4.78, 5) is 1.10. The van der Waals surface area contributed by atoms with Gasteiger partial charge in [-0.05, 0) is 17.9 Å². The molecule has 0 fully saturated rings. The topological polar surface area (TPSA) is 48.9 Å². The van der Waals surface area contributed by atoms with Gasteiger partial charge in [-0.25, -0.2) is 0 Å². The van der Waals surface area contributed by atoms with Crippen molar-refractivity contribution in [2.75, 3.05) is 0 Å². The number of hydrogen-bond acceptors (Lipinski definition) is 3. The summed E-state index contributed by atoms with van der Waals surface area (Å²) in [5.41, 5.74) is 2.84. The average molecular weight is 208 g/mol. The van der Waals surface area contributed by atoms with E-state index in [0.29, 0.717) is 0 Å². The predicted molar refractivity (Wildman–Crippen MR) is 57.2 cm³/mol. The van der Waals surface area contributed by atoms with Crippen molar-refractivity contribution in [3.8, 4) is 10.6 Å².